The van der Waals surface area contributed by atoms with Crippen LogP contribution in [-0.2, 0) is 16.9 Å². The first kappa shape index (κ1) is 17.2. The molecular formula is C18H16ClFN2O3. The molecule has 1 aliphatic heterocycles. The maximum absolute atomic E-state index is 13.5. The van der Waals surface area contributed by atoms with Gasteiger partial charge in [0.25, 0.3) is 5.91 Å². The molecule has 7 heteroatoms. The van der Waals surface area contributed by atoms with Gasteiger partial charge in [0, 0.05) is 10.6 Å². The second kappa shape index (κ2) is 6.37. The zero-order valence-electron chi connectivity index (χ0n) is 13.7. The molecule has 5 nitrogen and oxygen atoms in total. The summed E-state index contributed by atoms with van der Waals surface area (Å²) in [6, 6.07) is 10.1. The zero-order chi connectivity index (χ0) is 18.2. The molecule has 3 rings (SSSR count). The number of urea groups is 1. The van der Waals surface area contributed by atoms with Crippen LogP contribution in [-0.4, -0.2) is 23.9 Å². The molecule has 1 N–H and O–H groups in total. The van der Waals surface area contributed by atoms with Crippen LogP contribution in [0.25, 0.3) is 0 Å². The summed E-state index contributed by atoms with van der Waals surface area (Å²) in [4.78, 5) is 26.3. The van der Waals surface area contributed by atoms with Crippen molar-refractivity contribution >= 4 is 23.5 Å². The van der Waals surface area contributed by atoms with Crippen LogP contribution < -0.4 is 10.1 Å². The van der Waals surface area contributed by atoms with Crippen molar-refractivity contribution in [2.45, 2.75) is 19.0 Å². The molecule has 1 fully saturated rings. The lowest BCUT2D eigenvalue weighted by molar-refractivity contribution is -0.131. The number of nitrogens with one attached hydrogen (secondary N) is 1. The summed E-state index contributed by atoms with van der Waals surface area (Å²) >= 11 is 5.88. The fourth-order valence-electron chi connectivity index (χ4n) is 2.86. The smallest absolute Gasteiger partial charge is 0.325 e. The third-order valence-electron chi connectivity index (χ3n) is 4.27. The predicted molar refractivity (Wildman–Crippen MR) is 90.8 cm³/mol. The highest BCUT2D eigenvalue weighted by Crippen LogP contribution is 2.32. The summed E-state index contributed by atoms with van der Waals surface area (Å²) in [5, 5.41) is 3.23. The average molecular weight is 363 g/mol. The Morgan fingerprint density at radius 1 is 1.20 bits per heavy atom. The molecule has 3 amide bonds. The van der Waals surface area contributed by atoms with Crippen LogP contribution in [0, 0.1) is 5.82 Å². The molecule has 1 atom stereocenters. The molecule has 0 aliphatic carbocycles. The molecule has 1 unspecified atom stereocenters. The molecule has 2 aromatic carbocycles. The van der Waals surface area contributed by atoms with Crippen LogP contribution in [0.15, 0.2) is 42.5 Å². The predicted octanol–water partition coefficient (Wildman–Crippen LogP) is 3.45. The summed E-state index contributed by atoms with van der Waals surface area (Å²) in [5.74, 6) is -0.489. The van der Waals surface area contributed by atoms with Gasteiger partial charge in [-0.1, -0.05) is 23.7 Å². The number of carbonyl (C=O) groups is 2. The van der Waals surface area contributed by atoms with Crippen molar-refractivity contribution < 1.29 is 18.7 Å². The van der Waals surface area contributed by atoms with Crippen LogP contribution in [0.5, 0.6) is 5.75 Å². The van der Waals surface area contributed by atoms with Crippen LogP contribution in [0.2, 0.25) is 5.02 Å². The minimum absolute atomic E-state index is 0.0885. The Labute approximate surface area is 149 Å². The number of nitrogens with zero attached hydrogens (tertiary/aromatic N) is 1. The van der Waals surface area contributed by atoms with Gasteiger partial charge < -0.3 is 10.1 Å². The molecule has 0 radical (unpaired) electrons. The van der Waals surface area contributed by atoms with E-state index in [1.165, 1.54) is 25.3 Å². The lowest BCUT2D eigenvalue weighted by atomic mass is 9.92. The molecule has 0 aromatic heterocycles. The van der Waals surface area contributed by atoms with E-state index in [4.69, 9.17) is 16.3 Å². The van der Waals surface area contributed by atoms with E-state index in [1.54, 1.807) is 31.2 Å². The quantitative estimate of drug-likeness (QED) is 0.847. The Hall–Kier alpha value is -2.60. The van der Waals surface area contributed by atoms with Crippen molar-refractivity contribution in [2.75, 3.05) is 7.11 Å². The number of imide groups is 1. The number of ether oxygens (including phenoxy) is 1. The summed E-state index contributed by atoms with van der Waals surface area (Å²) in [6.45, 7) is 1.54. The first-order valence-corrected chi connectivity index (χ1v) is 7.95. The molecular weight excluding hydrogens is 347 g/mol. The van der Waals surface area contributed by atoms with E-state index in [2.05, 4.69) is 5.32 Å². The minimum Gasteiger partial charge on any atom is -0.496 e. The summed E-state index contributed by atoms with van der Waals surface area (Å²) < 4.78 is 18.7. The highest BCUT2D eigenvalue weighted by molar-refractivity contribution is 6.30. The summed E-state index contributed by atoms with van der Waals surface area (Å²) in [5.41, 5.74) is -0.183. The van der Waals surface area contributed by atoms with Crippen molar-refractivity contribution in [3.63, 3.8) is 0 Å². The third kappa shape index (κ3) is 3.05. The largest absolute Gasteiger partial charge is 0.496 e. The van der Waals surface area contributed by atoms with Gasteiger partial charge in [-0.3, -0.25) is 9.69 Å². The Morgan fingerprint density at radius 3 is 2.52 bits per heavy atom. The number of methoxy groups -OCH3 is 1. The second-order valence-corrected chi connectivity index (χ2v) is 6.35. The van der Waals surface area contributed by atoms with E-state index in [0.717, 1.165) is 4.90 Å². The standard InChI is InChI=1S/C18H16ClFN2O3/c1-18(12-3-5-13(19)6-4-12)16(23)22(17(24)21-18)10-11-9-14(20)7-8-15(11)25-2/h3-9H,10H2,1-2H3,(H,21,24). The highest BCUT2D eigenvalue weighted by Gasteiger charge is 2.49. The summed E-state index contributed by atoms with van der Waals surface area (Å²) in [7, 11) is 1.44. The molecule has 1 aliphatic rings. The molecule has 25 heavy (non-hydrogen) atoms. The van der Waals surface area contributed by atoms with E-state index in [-0.39, 0.29) is 6.54 Å². The van der Waals surface area contributed by atoms with Gasteiger partial charge in [-0.25, -0.2) is 9.18 Å². The molecule has 1 saturated heterocycles. The maximum atomic E-state index is 13.5. The van der Waals surface area contributed by atoms with Crippen molar-refractivity contribution in [3.8, 4) is 5.75 Å². The Morgan fingerprint density at radius 2 is 1.88 bits per heavy atom. The topological polar surface area (TPSA) is 58.6 Å². The van der Waals surface area contributed by atoms with Gasteiger partial charge in [0.15, 0.2) is 0 Å². The highest BCUT2D eigenvalue weighted by atomic mass is 35.5. The fourth-order valence-corrected chi connectivity index (χ4v) is 2.99. The number of amides is 3. The SMILES string of the molecule is COc1ccc(F)cc1CN1C(=O)NC(C)(c2ccc(Cl)cc2)C1=O. The monoisotopic (exact) mass is 362 g/mol. The maximum Gasteiger partial charge on any atom is 0.325 e. The van der Waals surface area contributed by atoms with Gasteiger partial charge in [0.2, 0.25) is 0 Å². The fraction of sp³-hybridized carbons (Fsp3) is 0.222. The van der Waals surface area contributed by atoms with E-state index in [0.29, 0.717) is 21.9 Å². The van der Waals surface area contributed by atoms with Gasteiger partial charge in [0.05, 0.1) is 13.7 Å². The first-order chi connectivity index (χ1) is 11.8. The number of halogens is 2. The summed E-state index contributed by atoms with van der Waals surface area (Å²) in [6.07, 6.45) is 0. The lowest BCUT2D eigenvalue weighted by Gasteiger charge is -2.22. The van der Waals surface area contributed by atoms with Crippen LogP contribution in [0.3, 0.4) is 0 Å². The zero-order valence-corrected chi connectivity index (χ0v) is 14.4. The van der Waals surface area contributed by atoms with Crippen molar-refractivity contribution in [1.29, 1.82) is 0 Å². The first-order valence-electron chi connectivity index (χ1n) is 7.57. The molecule has 0 saturated carbocycles. The normalized spacial score (nSPS) is 19.9. The second-order valence-electron chi connectivity index (χ2n) is 5.91. The third-order valence-corrected chi connectivity index (χ3v) is 4.52. The van der Waals surface area contributed by atoms with E-state index >= 15 is 0 Å². The van der Waals surface area contributed by atoms with Gasteiger partial charge >= 0.3 is 6.03 Å². The molecule has 2 aromatic rings. The molecule has 130 valence electrons. The Balaban J connectivity index is 1.92. The van der Waals surface area contributed by atoms with Crippen LogP contribution in [0.4, 0.5) is 9.18 Å². The van der Waals surface area contributed by atoms with E-state index in [9.17, 15) is 14.0 Å². The van der Waals surface area contributed by atoms with Gasteiger partial charge in [-0.15, -0.1) is 0 Å². The number of carbonyl (C=O) groups excluding carboxylic acids is 2. The Bertz CT molecular complexity index is 841. The van der Waals surface area contributed by atoms with Crippen LogP contribution >= 0.6 is 11.6 Å². The molecule has 0 spiro atoms. The lowest BCUT2D eigenvalue weighted by Crippen LogP contribution is -2.40. The van der Waals surface area contributed by atoms with Gasteiger partial charge in [-0.05, 0) is 42.8 Å². The van der Waals surface area contributed by atoms with Crippen molar-refractivity contribution in [2.24, 2.45) is 0 Å². The average Bonchev–Trinajstić information content (AvgIpc) is 2.80. The van der Waals surface area contributed by atoms with Crippen LogP contribution in [0.1, 0.15) is 18.1 Å². The Kier molecular flexibility index (Phi) is 4.39. The van der Waals surface area contributed by atoms with Gasteiger partial charge in [0.1, 0.15) is 17.1 Å². The van der Waals surface area contributed by atoms with E-state index in [1.807, 2.05) is 0 Å². The molecule has 0 bridgehead atoms. The number of hydrogen-bond donors (Lipinski definition) is 1. The van der Waals surface area contributed by atoms with Gasteiger partial charge in [-0.2, -0.15) is 0 Å². The number of benzene rings is 2. The number of rotatable bonds is 4. The van der Waals surface area contributed by atoms with Crippen molar-refractivity contribution in [1.82, 2.24) is 10.2 Å². The van der Waals surface area contributed by atoms with E-state index < -0.39 is 23.3 Å². The number of hydrogen-bond acceptors (Lipinski definition) is 3. The minimum atomic E-state index is -1.21. The molecule has 1 heterocycles. The van der Waals surface area contributed by atoms with Crippen molar-refractivity contribution in [3.05, 3.63) is 64.4 Å².